The number of fused-ring (bicyclic) bond motifs is 1. The largest absolute Gasteiger partial charge is 0.497 e. The minimum Gasteiger partial charge on any atom is -0.497 e. The van der Waals surface area contributed by atoms with Gasteiger partial charge in [-0.15, -0.1) is 0 Å². The minimum atomic E-state index is -1.07. The maximum absolute atomic E-state index is 14.4. The lowest BCUT2D eigenvalue weighted by Gasteiger charge is -2.40. The Morgan fingerprint density at radius 1 is 0.979 bits per heavy atom. The van der Waals surface area contributed by atoms with Crippen molar-refractivity contribution in [2.75, 3.05) is 55.6 Å². The lowest BCUT2D eigenvalue weighted by molar-refractivity contribution is -0.136. The number of nitrogens with zero attached hydrogens (tertiary/aromatic N) is 5. The van der Waals surface area contributed by atoms with Gasteiger partial charge in [0.2, 0.25) is 5.91 Å². The van der Waals surface area contributed by atoms with Crippen LogP contribution in [0.4, 0.5) is 25.0 Å². The SMILES string of the molecule is COc1ccc(N(C(=O)Nc2ccc(F)cc2)C(C)c2nc3cc(F)ccc3c(=O)n2N2CCN(C(=O)C(C)(C)N)CC2)c(OC)c1.[HH]. The van der Waals surface area contributed by atoms with Gasteiger partial charge in [-0.1, -0.05) is 0 Å². The highest BCUT2D eigenvalue weighted by atomic mass is 19.1. The molecule has 1 atom stereocenters. The van der Waals surface area contributed by atoms with Crippen molar-refractivity contribution in [2.24, 2.45) is 5.73 Å². The summed E-state index contributed by atoms with van der Waals surface area (Å²) >= 11 is 0. The molecular formula is C33H39F2N7O5. The predicted molar refractivity (Wildman–Crippen MR) is 177 cm³/mol. The van der Waals surface area contributed by atoms with Crippen molar-refractivity contribution >= 4 is 34.2 Å². The standard InChI is InChI=1S/C33H37F2N7O5.H2/c1-20(41(27-13-11-24(46-4)19-28(27)47-5)32(45)37-23-9-6-21(34)7-10-23)29-38-26-18-22(35)8-12-25(26)30(43)42(29)40-16-14-39(15-17-40)31(44)33(2,3)36;/h6-13,18-20H,14-17,36H2,1-5H3,(H,37,45);1H. The highest BCUT2D eigenvalue weighted by Crippen LogP contribution is 2.37. The number of aromatic nitrogens is 2. The fraction of sp³-hybridized carbons (Fsp3) is 0.333. The van der Waals surface area contributed by atoms with Gasteiger partial charge in [0.1, 0.15) is 23.1 Å². The van der Waals surface area contributed by atoms with E-state index in [1.807, 2.05) is 0 Å². The zero-order valence-corrected chi connectivity index (χ0v) is 26.8. The number of rotatable bonds is 8. The molecule has 3 aromatic carbocycles. The summed E-state index contributed by atoms with van der Waals surface area (Å²) in [6.45, 7) is 6.01. The Morgan fingerprint density at radius 3 is 2.26 bits per heavy atom. The third-order valence-corrected chi connectivity index (χ3v) is 7.93. The van der Waals surface area contributed by atoms with Crippen LogP contribution in [0.5, 0.6) is 11.5 Å². The first-order valence-corrected chi connectivity index (χ1v) is 15.0. The van der Waals surface area contributed by atoms with E-state index in [1.54, 1.807) is 48.9 Å². The average molecular weight is 652 g/mol. The first-order chi connectivity index (χ1) is 22.3. The van der Waals surface area contributed by atoms with Crippen LogP contribution in [0.3, 0.4) is 0 Å². The molecule has 1 saturated heterocycles. The van der Waals surface area contributed by atoms with Gasteiger partial charge in [0.25, 0.3) is 5.56 Å². The maximum Gasteiger partial charge on any atom is 0.327 e. The number of carbonyl (C=O) groups is 2. The zero-order valence-electron chi connectivity index (χ0n) is 26.8. The van der Waals surface area contributed by atoms with Crippen molar-refractivity contribution in [2.45, 2.75) is 32.4 Å². The number of halogens is 2. The quantitative estimate of drug-likeness (QED) is 0.289. The molecule has 0 bridgehead atoms. The summed E-state index contributed by atoms with van der Waals surface area (Å²) in [6, 6.07) is 12.2. The molecule has 0 aliphatic carbocycles. The molecule has 12 nitrogen and oxygen atoms in total. The Morgan fingerprint density at radius 2 is 1.64 bits per heavy atom. The Hall–Kier alpha value is -5.24. The molecule has 250 valence electrons. The smallest absolute Gasteiger partial charge is 0.327 e. The highest BCUT2D eigenvalue weighted by molar-refractivity contribution is 6.03. The van der Waals surface area contributed by atoms with Crippen LogP contribution in [0.2, 0.25) is 0 Å². The van der Waals surface area contributed by atoms with E-state index < -0.39 is 34.8 Å². The van der Waals surface area contributed by atoms with Gasteiger partial charge in [-0.25, -0.2) is 23.2 Å². The first-order valence-electron chi connectivity index (χ1n) is 15.0. The summed E-state index contributed by atoms with van der Waals surface area (Å²) < 4.78 is 40.5. The van der Waals surface area contributed by atoms with E-state index in [0.29, 0.717) is 17.1 Å². The number of methoxy groups -OCH3 is 2. The molecule has 1 unspecified atom stereocenters. The lowest BCUT2D eigenvalue weighted by Crippen LogP contribution is -2.60. The third-order valence-electron chi connectivity index (χ3n) is 7.93. The summed E-state index contributed by atoms with van der Waals surface area (Å²) in [7, 11) is 2.93. The number of urea groups is 1. The third kappa shape index (κ3) is 6.82. The molecule has 0 saturated carbocycles. The maximum atomic E-state index is 14.4. The van der Waals surface area contributed by atoms with Gasteiger partial charge in [0, 0.05) is 32.3 Å². The van der Waals surface area contributed by atoms with E-state index in [2.05, 4.69) is 5.32 Å². The number of hydrogen-bond acceptors (Lipinski definition) is 8. The second-order valence-corrected chi connectivity index (χ2v) is 11.7. The summed E-state index contributed by atoms with van der Waals surface area (Å²) in [5.74, 6) is -0.401. The van der Waals surface area contributed by atoms with Crippen molar-refractivity contribution in [1.82, 2.24) is 14.6 Å². The van der Waals surface area contributed by atoms with Crippen molar-refractivity contribution in [3.8, 4) is 11.5 Å². The molecule has 3 N–H and O–H groups in total. The van der Waals surface area contributed by atoms with Gasteiger partial charge < -0.3 is 30.4 Å². The number of hydrogen-bond donors (Lipinski definition) is 2. The topological polar surface area (TPSA) is 135 Å². The number of benzene rings is 3. The van der Waals surface area contributed by atoms with Crippen LogP contribution >= 0.6 is 0 Å². The molecule has 1 aliphatic rings. The summed E-state index contributed by atoms with van der Waals surface area (Å²) in [5, 5.41) is 4.70. The van der Waals surface area contributed by atoms with Crippen LogP contribution in [-0.4, -0.2) is 72.4 Å². The molecule has 1 fully saturated rings. The minimum absolute atomic E-state index is 0. The van der Waals surface area contributed by atoms with Gasteiger partial charge in [0.05, 0.1) is 55.5 Å². The van der Waals surface area contributed by atoms with E-state index in [4.69, 9.17) is 20.2 Å². The highest BCUT2D eigenvalue weighted by Gasteiger charge is 2.34. The van der Waals surface area contributed by atoms with Gasteiger partial charge in [0.15, 0.2) is 5.82 Å². The first kappa shape index (κ1) is 33.1. The Labute approximate surface area is 271 Å². The second kappa shape index (κ2) is 13.2. The number of amides is 3. The van der Waals surface area contributed by atoms with Gasteiger partial charge in [-0.05, 0) is 69.3 Å². The van der Waals surface area contributed by atoms with Gasteiger partial charge >= 0.3 is 6.03 Å². The summed E-state index contributed by atoms with van der Waals surface area (Å²) in [4.78, 5) is 48.9. The molecule has 1 aliphatic heterocycles. The van der Waals surface area contributed by atoms with E-state index in [9.17, 15) is 23.2 Å². The fourth-order valence-electron chi connectivity index (χ4n) is 5.53. The molecule has 2 heterocycles. The normalized spacial score (nSPS) is 14.1. The molecule has 1 aromatic heterocycles. The molecule has 5 rings (SSSR count). The van der Waals surface area contributed by atoms with Crippen LogP contribution in [0, 0.1) is 11.6 Å². The average Bonchev–Trinajstić information content (AvgIpc) is 3.05. The Bertz CT molecular complexity index is 1860. The molecule has 14 heteroatoms. The summed E-state index contributed by atoms with van der Waals surface area (Å²) in [5.41, 5.74) is 5.24. The number of piperazine rings is 1. The van der Waals surface area contributed by atoms with Crippen molar-refractivity contribution in [3.05, 3.63) is 88.5 Å². The van der Waals surface area contributed by atoms with E-state index in [0.717, 1.165) is 6.07 Å². The molecule has 0 spiro atoms. The number of anilines is 2. The van der Waals surface area contributed by atoms with E-state index in [-0.39, 0.29) is 56.0 Å². The van der Waals surface area contributed by atoms with E-state index in [1.165, 1.54) is 60.2 Å². The molecule has 47 heavy (non-hydrogen) atoms. The molecule has 3 amide bonds. The molecule has 0 radical (unpaired) electrons. The Kier molecular flexibility index (Phi) is 9.33. The lowest BCUT2D eigenvalue weighted by atomic mass is 10.1. The molecule has 4 aromatic rings. The predicted octanol–water partition coefficient (Wildman–Crippen LogP) is 4.26. The second-order valence-electron chi connectivity index (χ2n) is 11.7. The van der Waals surface area contributed by atoms with Crippen LogP contribution in [-0.2, 0) is 4.79 Å². The number of ether oxygens (including phenoxy) is 2. The van der Waals surface area contributed by atoms with Crippen LogP contribution < -0.4 is 36.0 Å². The Balaban J connectivity index is 0.00000520. The van der Waals surface area contributed by atoms with E-state index >= 15 is 0 Å². The van der Waals surface area contributed by atoms with Crippen molar-refractivity contribution in [3.63, 3.8) is 0 Å². The van der Waals surface area contributed by atoms with Crippen LogP contribution in [0.25, 0.3) is 10.9 Å². The van der Waals surface area contributed by atoms with Crippen molar-refractivity contribution in [1.29, 1.82) is 0 Å². The van der Waals surface area contributed by atoms with Gasteiger partial charge in [-0.2, -0.15) is 0 Å². The molecular weight excluding hydrogens is 612 g/mol. The van der Waals surface area contributed by atoms with Crippen molar-refractivity contribution < 1.29 is 29.3 Å². The number of carbonyl (C=O) groups excluding carboxylic acids is 2. The van der Waals surface area contributed by atoms with Gasteiger partial charge in [-0.3, -0.25) is 14.5 Å². The number of nitrogens with one attached hydrogen (secondary N) is 1. The van der Waals surface area contributed by atoms with Crippen LogP contribution in [0.1, 0.15) is 34.1 Å². The fourth-order valence-corrected chi connectivity index (χ4v) is 5.53. The zero-order chi connectivity index (χ0) is 34.0. The number of nitrogens with two attached hydrogens (primary N) is 1. The monoisotopic (exact) mass is 651 g/mol. The summed E-state index contributed by atoms with van der Waals surface area (Å²) in [6.07, 6.45) is 0. The van der Waals surface area contributed by atoms with Crippen LogP contribution in [0.15, 0.2) is 65.5 Å².